The van der Waals surface area contributed by atoms with Crippen LogP contribution in [0.5, 0.6) is 5.75 Å². The molecule has 5 nitrogen and oxygen atoms in total. The van der Waals surface area contributed by atoms with Crippen LogP contribution in [0, 0.1) is 11.6 Å². The second-order valence-corrected chi connectivity index (χ2v) is 6.06. The van der Waals surface area contributed by atoms with Gasteiger partial charge in [-0.2, -0.15) is 0 Å². The van der Waals surface area contributed by atoms with Crippen LogP contribution in [0.3, 0.4) is 0 Å². The van der Waals surface area contributed by atoms with Crippen LogP contribution in [-0.2, 0) is 18.3 Å². The van der Waals surface area contributed by atoms with Crippen LogP contribution in [0.25, 0.3) is 0 Å². The minimum absolute atomic E-state index is 0.0592. The van der Waals surface area contributed by atoms with Gasteiger partial charge in [-0.3, -0.25) is 4.79 Å². The number of aromatic nitrogens is 2. The van der Waals surface area contributed by atoms with E-state index in [4.69, 9.17) is 4.74 Å². The Labute approximate surface area is 155 Å². The van der Waals surface area contributed by atoms with E-state index in [1.165, 1.54) is 25.3 Å². The van der Waals surface area contributed by atoms with E-state index in [2.05, 4.69) is 10.3 Å². The van der Waals surface area contributed by atoms with Gasteiger partial charge in [-0.25, -0.2) is 13.8 Å². The van der Waals surface area contributed by atoms with Gasteiger partial charge in [0.05, 0.1) is 13.5 Å². The molecule has 3 rings (SSSR count). The number of hydrogen-bond donors (Lipinski definition) is 1. The highest BCUT2D eigenvalue weighted by Gasteiger charge is 2.23. The average Bonchev–Trinajstić information content (AvgIpc) is 3.06. The van der Waals surface area contributed by atoms with E-state index in [9.17, 15) is 13.6 Å². The molecule has 2 aromatic carbocycles. The lowest BCUT2D eigenvalue weighted by molar-refractivity contribution is -0.121. The molecular formula is C20H19F2N3O2. The normalized spacial score (nSPS) is 11.9. The third-order valence-corrected chi connectivity index (χ3v) is 4.22. The van der Waals surface area contributed by atoms with Crippen molar-refractivity contribution in [2.75, 3.05) is 7.11 Å². The van der Waals surface area contributed by atoms with Gasteiger partial charge in [0.25, 0.3) is 0 Å². The third-order valence-electron chi connectivity index (χ3n) is 4.22. The van der Waals surface area contributed by atoms with Crippen LogP contribution >= 0.6 is 0 Å². The number of aryl methyl sites for hydroxylation is 1. The zero-order valence-corrected chi connectivity index (χ0v) is 14.9. The average molecular weight is 371 g/mol. The molecule has 1 aromatic heterocycles. The zero-order valence-electron chi connectivity index (χ0n) is 14.9. The Bertz CT molecular complexity index is 956. The second kappa shape index (κ2) is 7.99. The second-order valence-electron chi connectivity index (χ2n) is 6.06. The van der Waals surface area contributed by atoms with Crippen LogP contribution < -0.4 is 10.1 Å². The Hall–Kier alpha value is -3.22. The first-order valence-electron chi connectivity index (χ1n) is 8.33. The van der Waals surface area contributed by atoms with E-state index < -0.39 is 17.7 Å². The molecule has 140 valence electrons. The van der Waals surface area contributed by atoms with Crippen LogP contribution in [0.2, 0.25) is 0 Å². The van der Waals surface area contributed by atoms with Gasteiger partial charge < -0.3 is 14.6 Å². The lowest BCUT2D eigenvalue weighted by Gasteiger charge is -2.20. The van der Waals surface area contributed by atoms with Crippen LogP contribution in [-0.4, -0.2) is 22.6 Å². The number of ether oxygens (including phenoxy) is 1. The number of amides is 1. The number of carbonyl (C=O) groups is 1. The fourth-order valence-corrected chi connectivity index (χ4v) is 2.86. The Morgan fingerprint density at radius 2 is 2.00 bits per heavy atom. The molecule has 1 atom stereocenters. The molecule has 7 heteroatoms. The predicted octanol–water partition coefficient (Wildman–Crippen LogP) is 3.16. The standard InChI is InChI=1S/C20H19F2N3O2/c1-25-10-9-23-20(25)19(14-5-3-4-6-15(14)21)24-18(26)12-13-7-8-17(27-2)16(22)11-13/h3-11,19H,12H2,1-2H3,(H,24,26). The molecule has 1 amide bonds. The summed E-state index contributed by atoms with van der Waals surface area (Å²) >= 11 is 0. The van der Waals surface area contributed by atoms with Gasteiger partial charge in [0.2, 0.25) is 5.91 Å². The van der Waals surface area contributed by atoms with Crippen LogP contribution in [0.4, 0.5) is 8.78 Å². The summed E-state index contributed by atoms with van der Waals surface area (Å²) in [6, 6.07) is 9.76. The van der Waals surface area contributed by atoms with E-state index >= 15 is 0 Å². The van der Waals surface area contributed by atoms with Crippen molar-refractivity contribution in [2.45, 2.75) is 12.5 Å². The molecule has 0 aliphatic carbocycles. The smallest absolute Gasteiger partial charge is 0.225 e. The molecule has 27 heavy (non-hydrogen) atoms. The van der Waals surface area contributed by atoms with Gasteiger partial charge in [-0.15, -0.1) is 0 Å². The predicted molar refractivity (Wildman–Crippen MR) is 96.2 cm³/mol. The first-order valence-corrected chi connectivity index (χ1v) is 8.33. The van der Waals surface area contributed by atoms with Crippen molar-refractivity contribution < 1.29 is 18.3 Å². The number of nitrogens with one attached hydrogen (secondary N) is 1. The zero-order chi connectivity index (χ0) is 19.4. The molecule has 0 aliphatic heterocycles. The molecule has 0 spiro atoms. The maximum Gasteiger partial charge on any atom is 0.225 e. The fraction of sp³-hybridized carbons (Fsp3) is 0.200. The molecule has 0 radical (unpaired) electrons. The fourth-order valence-electron chi connectivity index (χ4n) is 2.86. The summed E-state index contributed by atoms with van der Waals surface area (Å²) in [4.78, 5) is 16.8. The summed E-state index contributed by atoms with van der Waals surface area (Å²) < 4.78 is 34.8. The highest BCUT2D eigenvalue weighted by molar-refractivity contribution is 5.79. The minimum Gasteiger partial charge on any atom is -0.494 e. The van der Waals surface area contributed by atoms with E-state index in [0.29, 0.717) is 17.0 Å². The molecular weight excluding hydrogens is 352 g/mol. The Balaban J connectivity index is 1.84. The summed E-state index contributed by atoms with van der Waals surface area (Å²) in [7, 11) is 3.14. The first kappa shape index (κ1) is 18.6. The number of benzene rings is 2. The van der Waals surface area contributed by atoms with Gasteiger partial charge >= 0.3 is 0 Å². The molecule has 3 aromatic rings. The number of carbonyl (C=O) groups excluding carboxylic acids is 1. The maximum atomic E-state index is 14.3. The van der Waals surface area contributed by atoms with E-state index in [1.54, 1.807) is 48.3 Å². The Kier molecular flexibility index (Phi) is 5.49. The van der Waals surface area contributed by atoms with Crippen molar-refractivity contribution in [3.8, 4) is 5.75 Å². The van der Waals surface area contributed by atoms with Gasteiger partial charge in [-0.05, 0) is 23.8 Å². The van der Waals surface area contributed by atoms with Gasteiger partial charge in [0, 0.05) is 25.0 Å². The number of imidazole rings is 1. The number of nitrogens with zero attached hydrogens (tertiary/aromatic N) is 2. The van der Waals surface area contributed by atoms with Crippen molar-refractivity contribution in [3.63, 3.8) is 0 Å². The van der Waals surface area contributed by atoms with Crippen molar-refractivity contribution in [1.29, 1.82) is 0 Å². The van der Waals surface area contributed by atoms with E-state index in [0.717, 1.165) is 0 Å². The summed E-state index contributed by atoms with van der Waals surface area (Å²) in [5.41, 5.74) is 0.791. The van der Waals surface area contributed by atoms with Gasteiger partial charge in [-0.1, -0.05) is 24.3 Å². The number of methoxy groups -OCH3 is 1. The molecule has 0 saturated carbocycles. The molecule has 0 fully saturated rings. The van der Waals surface area contributed by atoms with E-state index in [-0.39, 0.29) is 18.1 Å². The summed E-state index contributed by atoms with van der Waals surface area (Å²) in [6.07, 6.45) is 3.23. The molecule has 0 saturated heterocycles. The summed E-state index contributed by atoms with van der Waals surface area (Å²) in [5, 5.41) is 2.80. The van der Waals surface area contributed by atoms with Crippen molar-refractivity contribution in [3.05, 3.63) is 83.4 Å². The van der Waals surface area contributed by atoms with Crippen molar-refractivity contribution in [2.24, 2.45) is 7.05 Å². The lowest BCUT2D eigenvalue weighted by Crippen LogP contribution is -2.32. The minimum atomic E-state index is -0.762. The summed E-state index contributed by atoms with van der Waals surface area (Å²) in [6.45, 7) is 0. The van der Waals surface area contributed by atoms with Crippen molar-refractivity contribution >= 4 is 5.91 Å². The molecule has 0 aliphatic rings. The van der Waals surface area contributed by atoms with Gasteiger partial charge in [0.1, 0.15) is 17.7 Å². The molecule has 1 N–H and O–H groups in total. The van der Waals surface area contributed by atoms with E-state index in [1.807, 2.05) is 0 Å². The monoisotopic (exact) mass is 371 g/mol. The topological polar surface area (TPSA) is 56.1 Å². The highest BCUT2D eigenvalue weighted by Crippen LogP contribution is 2.23. The van der Waals surface area contributed by atoms with Crippen molar-refractivity contribution in [1.82, 2.24) is 14.9 Å². The number of rotatable bonds is 6. The Morgan fingerprint density at radius 3 is 2.63 bits per heavy atom. The quantitative estimate of drug-likeness (QED) is 0.724. The maximum absolute atomic E-state index is 14.3. The molecule has 0 bridgehead atoms. The lowest BCUT2D eigenvalue weighted by atomic mass is 10.0. The van der Waals surface area contributed by atoms with Crippen LogP contribution in [0.15, 0.2) is 54.9 Å². The largest absolute Gasteiger partial charge is 0.494 e. The van der Waals surface area contributed by atoms with Gasteiger partial charge in [0.15, 0.2) is 11.6 Å². The molecule has 1 unspecified atom stereocenters. The highest BCUT2D eigenvalue weighted by atomic mass is 19.1. The number of halogens is 2. The third kappa shape index (κ3) is 4.13. The SMILES string of the molecule is COc1ccc(CC(=O)NC(c2ccccc2F)c2nccn2C)cc1F. The number of hydrogen-bond acceptors (Lipinski definition) is 3. The first-order chi connectivity index (χ1) is 13.0. The summed E-state index contributed by atoms with van der Waals surface area (Å²) in [5.74, 6) is -0.763. The Morgan fingerprint density at radius 1 is 1.22 bits per heavy atom. The molecule has 1 heterocycles. The van der Waals surface area contributed by atoms with Crippen LogP contribution in [0.1, 0.15) is 23.0 Å².